The van der Waals surface area contributed by atoms with Crippen molar-refractivity contribution in [3.63, 3.8) is 0 Å². The predicted molar refractivity (Wildman–Crippen MR) is 110 cm³/mol. The monoisotopic (exact) mass is 381 g/mol. The summed E-state index contributed by atoms with van der Waals surface area (Å²) in [5, 5.41) is 3.67. The van der Waals surface area contributed by atoms with E-state index >= 15 is 0 Å². The molecule has 0 fully saturated rings. The van der Waals surface area contributed by atoms with E-state index in [0.717, 1.165) is 48.4 Å². The maximum absolute atomic E-state index is 11.3. The first kappa shape index (κ1) is 20.0. The lowest BCUT2D eigenvalue weighted by atomic mass is 10.0. The third kappa shape index (κ3) is 4.73. The molecule has 28 heavy (non-hydrogen) atoms. The third-order valence-electron chi connectivity index (χ3n) is 5.13. The third-order valence-corrected chi connectivity index (χ3v) is 5.13. The van der Waals surface area contributed by atoms with Crippen LogP contribution in [0.5, 0.6) is 11.5 Å². The van der Waals surface area contributed by atoms with E-state index in [1.165, 1.54) is 24.3 Å². The maximum Gasteiger partial charge on any atom is 0.330 e. The number of carbonyl (C=O) groups is 1. The van der Waals surface area contributed by atoms with Crippen LogP contribution in [0.15, 0.2) is 42.5 Å². The molecule has 1 N–H and O–H groups in total. The number of aryl methyl sites for hydroxylation is 1. The van der Waals surface area contributed by atoms with Gasteiger partial charge in [-0.25, -0.2) is 4.79 Å². The number of benzene rings is 2. The number of hydrogen-bond acceptors (Lipinski definition) is 5. The van der Waals surface area contributed by atoms with Gasteiger partial charge >= 0.3 is 5.97 Å². The van der Waals surface area contributed by atoms with Gasteiger partial charge in [-0.05, 0) is 72.3 Å². The average molecular weight is 381 g/mol. The van der Waals surface area contributed by atoms with Gasteiger partial charge in [0.15, 0.2) is 0 Å². The molecule has 0 spiro atoms. The number of carbonyl (C=O) groups excluding carboxylic acids is 1. The van der Waals surface area contributed by atoms with Crippen molar-refractivity contribution in [3.8, 4) is 11.5 Å². The predicted octanol–water partition coefficient (Wildman–Crippen LogP) is 3.71. The Labute approximate surface area is 166 Å². The number of esters is 1. The number of nitrogens with one attached hydrogen (secondary N) is 1. The normalized spacial score (nSPS) is 15.5. The van der Waals surface area contributed by atoms with Crippen molar-refractivity contribution in [1.29, 1.82) is 0 Å². The Morgan fingerprint density at radius 1 is 1.14 bits per heavy atom. The molecule has 0 amide bonds. The molecule has 1 aliphatic carbocycles. The summed E-state index contributed by atoms with van der Waals surface area (Å²) in [7, 11) is 4.75. The second-order valence-electron chi connectivity index (χ2n) is 6.79. The van der Waals surface area contributed by atoms with E-state index in [4.69, 9.17) is 9.47 Å². The quantitative estimate of drug-likeness (QED) is 0.558. The highest BCUT2D eigenvalue weighted by molar-refractivity contribution is 5.86. The van der Waals surface area contributed by atoms with Crippen LogP contribution < -0.4 is 14.8 Å². The molecule has 3 rings (SSSR count). The summed E-state index contributed by atoms with van der Waals surface area (Å²) in [6.07, 6.45) is 6.23. The van der Waals surface area contributed by atoms with Crippen molar-refractivity contribution in [1.82, 2.24) is 5.32 Å². The molecule has 5 heteroatoms. The largest absolute Gasteiger partial charge is 0.497 e. The SMILES string of the molecule is COC(=O)/C=C/c1ccc2c(c1)CCC2NCCc1cc(OC)ccc1OC. The van der Waals surface area contributed by atoms with Crippen molar-refractivity contribution >= 4 is 12.0 Å². The molecular formula is C23H27NO4. The summed E-state index contributed by atoms with van der Waals surface area (Å²) in [6, 6.07) is 12.6. The van der Waals surface area contributed by atoms with Crippen molar-refractivity contribution in [3.05, 3.63) is 64.7 Å². The van der Waals surface area contributed by atoms with Crippen molar-refractivity contribution < 1.29 is 19.0 Å². The zero-order chi connectivity index (χ0) is 19.9. The second kappa shape index (κ2) is 9.42. The van der Waals surface area contributed by atoms with E-state index in [1.807, 2.05) is 24.3 Å². The van der Waals surface area contributed by atoms with E-state index in [0.29, 0.717) is 6.04 Å². The second-order valence-corrected chi connectivity index (χ2v) is 6.79. The van der Waals surface area contributed by atoms with Gasteiger partial charge in [0.2, 0.25) is 0 Å². The summed E-state index contributed by atoms with van der Waals surface area (Å²) in [5.41, 5.74) is 4.83. The molecule has 5 nitrogen and oxygen atoms in total. The maximum atomic E-state index is 11.3. The Morgan fingerprint density at radius 2 is 2.00 bits per heavy atom. The molecule has 0 radical (unpaired) electrons. The minimum atomic E-state index is -0.340. The lowest BCUT2D eigenvalue weighted by molar-refractivity contribution is -0.134. The molecule has 0 bridgehead atoms. The number of rotatable bonds is 8. The first-order valence-electron chi connectivity index (χ1n) is 9.47. The van der Waals surface area contributed by atoms with Crippen LogP contribution in [0, 0.1) is 0 Å². The number of hydrogen-bond donors (Lipinski definition) is 1. The van der Waals surface area contributed by atoms with Crippen LogP contribution in [0.2, 0.25) is 0 Å². The molecule has 2 aromatic carbocycles. The summed E-state index contributed by atoms with van der Waals surface area (Å²) < 4.78 is 15.4. The molecule has 148 valence electrons. The smallest absolute Gasteiger partial charge is 0.330 e. The highest BCUT2D eigenvalue weighted by atomic mass is 16.5. The molecule has 1 atom stereocenters. The van der Waals surface area contributed by atoms with Crippen LogP contribution in [0.3, 0.4) is 0 Å². The molecule has 0 aromatic heterocycles. The Hall–Kier alpha value is -2.79. The van der Waals surface area contributed by atoms with Crippen LogP contribution in [0.1, 0.15) is 34.7 Å². The highest BCUT2D eigenvalue weighted by Crippen LogP contribution is 2.32. The van der Waals surface area contributed by atoms with E-state index < -0.39 is 0 Å². The molecule has 1 aliphatic rings. The van der Waals surface area contributed by atoms with Gasteiger partial charge in [0, 0.05) is 12.1 Å². The summed E-state index contributed by atoms with van der Waals surface area (Å²) in [4.78, 5) is 11.3. The Bertz CT molecular complexity index is 860. The van der Waals surface area contributed by atoms with Crippen LogP contribution in [-0.4, -0.2) is 33.8 Å². The first-order valence-corrected chi connectivity index (χ1v) is 9.47. The highest BCUT2D eigenvalue weighted by Gasteiger charge is 2.22. The van der Waals surface area contributed by atoms with Crippen LogP contribution in [0.4, 0.5) is 0 Å². The Balaban J connectivity index is 1.61. The number of methoxy groups -OCH3 is 3. The topological polar surface area (TPSA) is 56.8 Å². The number of ether oxygens (including phenoxy) is 3. The van der Waals surface area contributed by atoms with Gasteiger partial charge in [-0.2, -0.15) is 0 Å². The lowest BCUT2D eigenvalue weighted by Gasteiger charge is -2.16. The molecule has 0 aliphatic heterocycles. The van der Waals surface area contributed by atoms with Gasteiger partial charge in [-0.3, -0.25) is 0 Å². The molecular weight excluding hydrogens is 354 g/mol. The number of fused-ring (bicyclic) bond motifs is 1. The Morgan fingerprint density at radius 3 is 2.75 bits per heavy atom. The summed E-state index contributed by atoms with van der Waals surface area (Å²) >= 11 is 0. The van der Waals surface area contributed by atoms with Gasteiger partial charge in [0.25, 0.3) is 0 Å². The average Bonchev–Trinajstić information content (AvgIpc) is 3.14. The molecule has 0 heterocycles. The van der Waals surface area contributed by atoms with Gasteiger partial charge in [0.05, 0.1) is 21.3 Å². The van der Waals surface area contributed by atoms with E-state index in [2.05, 4.69) is 22.2 Å². The molecule has 2 aromatic rings. The molecule has 0 saturated carbocycles. The minimum absolute atomic E-state index is 0.340. The van der Waals surface area contributed by atoms with Crippen LogP contribution in [0.25, 0.3) is 6.08 Å². The molecule has 1 unspecified atom stereocenters. The fourth-order valence-electron chi connectivity index (χ4n) is 3.64. The standard InChI is InChI=1S/C23H27NO4/c1-26-19-7-10-22(27-2)18(15-19)12-13-24-21-9-6-17-14-16(4-8-20(17)21)5-11-23(25)28-3/h4-5,7-8,10-11,14-15,21,24H,6,9,12-13H2,1-3H3/b11-5+. The van der Waals surface area contributed by atoms with Gasteiger partial charge < -0.3 is 19.5 Å². The van der Waals surface area contributed by atoms with Gasteiger partial charge in [-0.1, -0.05) is 18.2 Å². The summed E-state index contributed by atoms with van der Waals surface area (Å²) in [5.74, 6) is 1.39. The van der Waals surface area contributed by atoms with Crippen molar-refractivity contribution in [2.45, 2.75) is 25.3 Å². The van der Waals surface area contributed by atoms with E-state index in [-0.39, 0.29) is 5.97 Å². The van der Waals surface area contributed by atoms with Gasteiger partial charge in [0.1, 0.15) is 11.5 Å². The summed E-state index contributed by atoms with van der Waals surface area (Å²) in [6.45, 7) is 0.859. The zero-order valence-electron chi connectivity index (χ0n) is 16.7. The van der Waals surface area contributed by atoms with E-state index in [9.17, 15) is 4.79 Å². The zero-order valence-corrected chi connectivity index (χ0v) is 16.7. The van der Waals surface area contributed by atoms with Gasteiger partial charge in [-0.15, -0.1) is 0 Å². The molecule has 0 saturated heterocycles. The fraction of sp³-hybridized carbons (Fsp3) is 0.348. The van der Waals surface area contributed by atoms with Crippen LogP contribution >= 0.6 is 0 Å². The Kier molecular flexibility index (Phi) is 6.71. The minimum Gasteiger partial charge on any atom is -0.497 e. The van der Waals surface area contributed by atoms with E-state index in [1.54, 1.807) is 20.3 Å². The fourth-order valence-corrected chi connectivity index (χ4v) is 3.64. The van der Waals surface area contributed by atoms with Crippen molar-refractivity contribution in [2.75, 3.05) is 27.9 Å². The van der Waals surface area contributed by atoms with Crippen molar-refractivity contribution in [2.24, 2.45) is 0 Å². The van der Waals surface area contributed by atoms with Crippen LogP contribution in [-0.2, 0) is 22.4 Å². The lowest BCUT2D eigenvalue weighted by Crippen LogP contribution is -2.22. The first-order chi connectivity index (χ1) is 13.6.